The second-order valence-corrected chi connectivity index (χ2v) is 7.62. The van der Waals surface area contributed by atoms with Crippen LogP contribution in [0.4, 0.5) is 0 Å². The maximum absolute atomic E-state index is 11.4. The number of hydrogen-bond donors (Lipinski definition) is 2. The second-order valence-electron chi connectivity index (χ2n) is 6.13. The van der Waals surface area contributed by atoms with Gasteiger partial charge in [0.2, 0.25) is 0 Å². The summed E-state index contributed by atoms with van der Waals surface area (Å²) in [5.41, 5.74) is 0. The summed E-state index contributed by atoms with van der Waals surface area (Å²) < 4.78 is 51.0. The Kier molecular flexibility index (Phi) is 74.9. The molecule has 2 atom stereocenters. The van der Waals surface area contributed by atoms with Crippen molar-refractivity contribution in [3.8, 4) is 0 Å². The standard InChI is InChI=1S/H4O87P2/c1-5-7-9-11-13-15-17-19-21-23-25-26-27-28-29-30-31-32-33-34-35-36-37-38-39-40-41-42-43-44-45-46-49-53-57-61-65-69-73-77-81-85-89(4)87-83-79-75-71-67-63-59-55-51-47-50-54-58-62-66-70-74-78-82-86-88(3)84-80-76-72-68-64-60-56-52-48-24-22-20-18-16-14-12-10-8-6-2/h1-2,88-89H/i88T,89T. The van der Waals surface area contributed by atoms with Gasteiger partial charge in [-0.2, -0.15) is 0 Å². The van der Waals surface area contributed by atoms with Crippen molar-refractivity contribution >= 4 is 16.4 Å². The van der Waals surface area contributed by atoms with Crippen molar-refractivity contribution in [3.63, 3.8) is 0 Å². The van der Waals surface area contributed by atoms with Crippen molar-refractivity contribution in [1.29, 1.82) is 2.56 Å². The molecular formula is H4O87P2. The van der Waals surface area contributed by atoms with E-state index in [4.69, 9.17) is 13.1 Å². The summed E-state index contributed by atoms with van der Waals surface area (Å²) in [4.78, 5) is 0. The van der Waals surface area contributed by atoms with Crippen LogP contribution in [0, 0.1) is 0 Å². The number of hydrogen-bond acceptors (Lipinski definition) is 87. The Morgan fingerprint density at radius 2 is 0.202 bits per heavy atom. The first-order chi connectivity index (χ1) is 44.8. The van der Waals surface area contributed by atoms with E-state index in [1.807, 2.05) is 0 Å². The fourth-order valence-electron chi connectivity index (χ4n) is 1.00. The third kappa shape index (κ3) is 81.1. The van der Waals surface area contributed by atoms with Gasteiger partial charge in [-0.15, -0.1) is 18.7 Å². The molecule has 0 aliphatic carbocycles. The van der Waals surface area contributed by atoms with E-state index < -0.39 is 16.4 Å². The first kappa shape index (κ1) is 82.2. The molecule has 0 bridgehead atoms. The Morgan fingerprint density at radius 3 is 0.281 bits per heavy atom. The molecule has 0 aromatic heterocycles. The Morgan fingerprint density at radius 1 is 0.135 bits per heavy atom. The monoisotopic (exact) mass is 1460 g/mol. The molecule has 89 heavy (non-hydrogen) atoms. The molecule has 89 heteroatoms. The lowest BCUT2D eigenvalue weighted by atomic mass is 14.0. The molecule has 0 aliphatic rings. The van der Waals surface area contributed by atoms with Gasteiger partial charge in [-0.05, 0) is 242 Å². The van der Waals surface area contributed by atoms with Crippen LogP contribution in [0.3, 0.4) is 0 Å². The highest BCUT2D eigenvalue weighted by Crippen LogP contribution is 2.25. The molecule has 0 saturated carbocycles. The highest BCUT2D eigenvalue weighted by molar-refractivity contribution is 7.33. The molecule has 0 amide bonds. The van der Waals surface area contributed by atoms with Crippen LogP contribution in [0.15, 0.2) is 0 Å². The molecule has 0 saturated heterocycles. The van der Waals surface area contributed by atoms with E-state index in [1.54, 1.807) is 0 Å². The van der Waals surface area contributed by atoms with E-state index in [-0.39, 0.29) is 0 Å². The maximum atomic E-state index is 11.4. The molecule has 0 radical (unpaired) electrons. The van der Waals surface area contributed by atoms with Crippen LogP contribution in [-0.2, 0) is 426 Å². The van der Waals surface area contributed by atoms with Crippen LogP contribution >= 0.6 is 16.4 Å². The van der Waals surface area contributed by atoms with Crippen molar-refractivity contribution < 1.29 is 436 Å². The number of rotatable bonds is 84. The molecule has 2 N–H and O–H groups in total. The van der Waals surface area contributed by atoms with E-state index in [9.17, 15) is 9.13 Å². The average molecular weight is 1460 g/mol. The van der Waals surface area contributed by atoms with Gasteiger partial charge < -0.3 is 0 Å². The normalized spacial score (nSPS) is 13.6. The van der Waals surface area contributed by atoms with E-state index in [0.717, 1.165) is 0 Å². The first-order valence-electron chi connectivity index (χ1n) is 15.7. The molecule has 0 fully saturated rings. The molecular weight excluding hydrogens is 1450 g/mol. The van der Waals surface area contributed by atoms with Gasteiger partial charge in [-0.3, -0.25) is 9.13 Å². The maximum Gasteiger partial charge on any atom is 0.380 e. The zero-order valence-electron chi connectivity index (χ0n) is 38.5. The van der Waals surface area contributed by atoms with Crippen LogP contribution in [0.5, 0.6) is 0 Å². The highest BCUT2D eigenvalue weighted by Gasteiger charge is 2.10. The minimum Gasteiger partial charge on any atom is -0.258 e. The summed E-state index contributed by atoms with van der Waals surface area (Å²) in [5.74, 6) is 0. The van der Waals surface area contributed by atoms with Gasteiger partial charge in [-0.25, -0.2) is 10.5 Å². The molecule has 87 nitrogen and oxygen atoms in total. The lowest BCUT2D eigenvalue weighted by molar-refractivity contribution is -0.909. The molecule has 0 spiro atoms. The Labute approximate surface area is 457 Å². The molecule has 0 aromatic carbocycles. The summed E-state index contributed by atoms with van der Waals surface area (Å²) in [5, 5.41) is 287. The van der Waals surface area contributed by atoms with Gasteiger partial charge in [0.05, 0.1) is 0 Å². The van der Waals surface area contributed by atoms with E-state index in [2.05, 4.69) is 417 Å². The van der Waals surface area contributed by atoms with Gasteiger partial charge in [0, 0.05) is 156 Å². The lowest BCUT2D eigenvalue weighted by Crippen LogP contribution is -2.06. The van der Waals surface area contributed by atoms with Crippen LogP contribution < -0.4 is 0 Å². The third-order valence-electron chi connectivity index (χ3n) is 2.48. The fourth-order valence-corrected chi connectivity index (χ4v) is 1.35. The molecule has 536 valence electrons. The molecule has 2 unspecified atom stereocenters. The SMILES string of the molecule is [3H]P(=O)(OOOOOOOOOOOOOOOOOOOOO)OOOOOOOOOOOOOOOOOOOOOP([3H])(=O)OOOOOOOOOOOOOOOOOOOOOOOOOOOOOOOOOOOOOOOOOOO. The molecule has 0 heterocycles. The molecule has 0 rings (SSSR count). The van der Waals surface area contributed by atoms with Crippen LogP contribution in [0.25, 0.3) is 0 Å². The van der Waals surface area contributed by atoms with E-state index >= 15 is 0 Å². The summed E-state index contributed by atoms with van der Waals surface area (Å²) >= 11 is 0. The third-order valence-corrected chi connectivity index (χ3v) is 3.21. The van der Waals surface area contributed by atoms with Gasteiger partial charge in [0.25, 0.3) is 0 Å². The Bertz CT molecular complexity index is 1390. The first-order valence-corrected chi connectivity index (χ1v) is 17.0. The zero-order chi connectivity index (χ0) is 65.7. The van der Waals surface area contributed by atoms with Gasteiger partial charge in [0.1, 0.15) is 0 Å². The predicted molar refractivity (Wildman–Crippen MR) is 113 cm³/mol. The molecule has 0 aromatic rings. The predicted octanol–water partition coefficient (Wildman–Crippen LogP) is -4.71. The van der Waals surface area contributed by atoms with Crippen molar-refractivity contribution in [2.24, 2.45) is 0 Å². The summed E-state index contributed by atoms with van der Waals surface area (Å²) in [6, 6.07) is 0. The summed E-state index contributed by atoms with van der Waals surface area (Å²) in [6.07, 6.45) is 0. The van der Waals surface area contributed by atoms with Crippen molar-refractivity contribution in [2.75, 3.05) is 0 Å². The lowest BCUT2D eigenvalue weighted by Gasteiger charge is -2.01. The summed E-state index contributed by atoms with van der Waals surface area (Å²) in [6.45, 7) is 0. The van der Waals surface area contributed by atoms with Crippen molar-refractivity contribution in [3.05, 3.63) is 0 Å². The Balaban J connectivity index is 3.27. The van der Waals surface area contributed by atoms with Crippen LogP contribution in [-0.4, -0.2) is 13.1 Å². The highest BCUT2D eigenvalue weighted by atomic mass is 31.1. The average Bonchev–Trinajstić information content (AvgIpc) is 3.56. The second kappa shape index (κ2) is 81.2. The van der Waals surface area contributed by atoms with Gasteiger partial charge in [-0.1, -0.05) is 0 Å². The van der Waals surface area contributed by atoms with Crippen LogP contribution in [0.2, 0.25) is 0 Å². The van der Waals surface area contributed by atoms with Gasteiger partial charge in [0.15, 0.2) is 2.56 Å². The van der Waals surface area contributed by atoms with Crippen LogP contribution in [0.1, 0.15) is 0 Å². The smallest absolute Gasteiger partial charge is 0.258 e. The molecule has 0 aliphatic heterocycles. The topological polar surface area (TPSA) is 841 Å². The van der Waals surface area contributed by atoms with Crippen molar-refractivity contribution in [1.82, 2.24) is 0 Å². The van der Waals surface area contributed by atoms with E-state index in [1.165, 1.54) is 0 Å². The fraction of sp³-hybridized carbons (Fsp3) is 0. The quantitative estimate of drug-likeness (QED) is 0.0250. The minimum atomic E-state index is -5.16. The van der Waals surface area contributed by atoms with Crippen molar-refractivity contribution in [2.45, 2.75) is 0 Å². The summed E-state index contributed by atoms with van der Waals surface area (Å²) in [7, 11) is -10.3. The zero-order valence-corrected chi connectivity index (χ0v) is 38.3. The minimum absolute atomic E-state index is 2.87. The van der Waals surface area contributed by atoms with E-state index in [0.29, 0.717) is 0 Å². The Hall–Kier alpha value is -2.94. The largest absolute Gasteiger partial charge is 0.380 e. The van der Waals surface area contributed by atoms with Gasteiger partial charge >= 0.3 is 16.4 Å².